The molecule has 33 heavy (non-hydrogen) atoms. The summed E-state index contributed by atoms with van der Waals surface area (Å²) in [7, 11) is -1.97. The Labute approximate surface area is 197 Å². The Balaban J connectivity index is 1.39. The van der Waals surface area contributed by atoms with Gasteiger partial charge in [-0.15, -0.1) is 0 Å². The molecule has 2 aromatic rings. The minimum Gasteiger partial charge on any atom is -0.497 e. The van der Waals surface area contributed by atoms with E-state index in [1.807, 2.05) is 55.1 Å². The van der Waals surface area contributed by atoms with Gasteiger partial charge in [-0.3, -0.25) is 4.79 Å². The van der Waals surface area contributed by atoms with Gasteiger partial charge < -0.3 is 14.5 Å². The number of nitrogens with zero attached hydrogens (tertiary/aromatic N) is 3. The quantitative estimate of drug-likeness (QED) is 0.670. The predicted octanol–water partition coefficient (Wildman–Crippen LogP) is 3.06. The zero-order chi connectivity index (χ0) is 23.6. The van der Waals surface area contributed by atoms with E-state index >= 15 is 0 Å². The topological polar surface area (TPSA) is 70.2 Å². The van der Waals surface area contributed by atoms with E-state index in [9.17, 15) is 13.2 Å². The number of hydrogen-bond acceptors (Lipinski definition) is 5. The lowest BCUT2D eigenvalue weighted by Gasteiger charge is -2.39. The first-order valence-electron chi connectivity index (χ1n) is 11.5. The number of piperidine rings is 1. The van der Waals surface area contributed by atoms with E-state index in [1.54, 1.807) is 13.2 Å². The Morgan fingerprint density at radius 3 is 2.33 bits per heavy atom. The molecule has 7 nitrogen and oxygen atoms in total. The molecule has 1 amide bonds. The molecule has 0 spiro atoms. The molecule has 2 aliphatic rings. The summed E-state index contributed by atoms with van der Waals surface area (Å²) in [5.74, 6) is 0.613. The number of rotatable bonds is 5. The summed E-state index contributed by atoms with van der Waals surface area (Å²) < 4.78 is 33.4. The van der Waals surface area contributed by atoms with Crippen LogP contribution in [-0.4, -0.2) is 69.9 Å². The maximum absolute atomic E-state index is 13.3. The molecule has 2 aliphatic heterocycles. The molecule has 0 radical (unpaired) electrons. The van der Waals surface area contributed by atoms with Gasteiger partial charge in [-0.25, -0.2) is 8.42 Å². The van der Waals surface area contributed by atoms with Crippen molar-refractivity contribution in [1.82, 2.24) is 9.21 Å². The number of amides is 1. The minimum atomic E-state index is -3.62. The van der Waals surface area contributed by atoms with Crippen LogP contribution in [0.4, 0.5) is 5.69 Å². The zero-order valence-electron chi connectivity index (χ0n) is 19.7. The second-order valence-corrected chi connectivity index (χ2v) is 10.9. The Hall–Kier alpha value is -2.58. The summed E-state index contributed by atoms with van der Waals surface area (Å²) >= 11 is 0. The number of anilines is 1. The molecule has 1 atom stereocenters. The maximum atomic E-state index is 13.3. The lowest BCUT2D eigenvalue weighted by molar-refractivity contribution is -0.137. The Morgan fingerprint density at radius 2 is 1.67 bits per heavy atom. The third kappa shape index (κ3) is 5.01. The van der Waals surface area contributed by atoms with Crippen LogP contribution in [0, 0.1) is 19.8 Å². The predicted molar refractivity (Wildman–Crippen MR) is 129 cm³/mol. The fraction of sp³-hybridized carbons (Fsp3) is 0.480. The van der Waals surface area contributed by atoms with Crippen molar-refractivity contribution in [3.63, 3.8) is 0 Å². The van der Waals surface area contributed by atoms with Crippen molar-refractivity contribution >= 4 is 21.6 Å². The fourth-order valence-electron chi connectivity index (χ4n) is 4.72. The molecular weight excluding hydrogens is 438 g/mol. The molecule has 8 heteroatoms. The number of carbonyl (C=O) groups is 1. The third-order valence-corrected chi connectivity index (χ3v) is 8.73. The highest BCUT2D eigenvalue weighted by atomic mass is 32.2. The van der Waals surface area contributed by atoms with E-state index in [0.717, 1.165) is 42.1 Å². The molecule has 2 saturated heterocycles. The van der Waals surface area contributed by atoms with E-state index in [2.05, 4.69) is 4.90 Å². The van der Waals surface area contributed by atoms with Gasteiger partial charge in [-0.05, 0) is 68.1 Å². The molecule has 0 unspecified atom stereocenters. The standard InChI is InChI=1S/C25H33N3O4S/c1-19-6-7-20(2)24(17-19)33(30,31)28-12-4-5-21(18-28)25(29)27-15-13-26(14-16-27)22-8-10-23(32-3)11-9-22/h6-11,17,21H,4-5,12-16,18H2,1-3H3/t21-/m0/s1. The summed E-state index contributed by atoms with van der Waals surface area (Å²) in [6, 6.07) is 13.5. The summed E-state index contributed by atoms with van der Waals surface area (Å²) in [6.45, 7) is 7.24. The SMILES string of the molecule is COc1ccc(N2CCN(C(=O)[C@H]3CCCN(S(=O)(=O)c4cc(C)ccc4C)C3)CC2)cc1. The number of benzene rings is 2. The van der Waals surface area contributed by atoms with Gasteiger partial charge in [0.1, 0.15) is 5.75 Å². The highest BCUT2D eigenvalue weighted by Crippen LogP contribution is 2.28. The van der Waals surface area contributed by atoms with Crippen LogP contribution in [0.3, 0.4) is 0 Å². The van der Waals surface area contributed by atoms with Gasteiger partial charge in [0.25, 0.3) is 0 Å². The second kappa shape index (κ2) is 9.73. The van der Waals surface area contributed by atoms with Gasteiger partial charge in [-0.2, -0.15) is 4.31 Å². The molecule has 2 fully saturated rings. The van der Waals surface area contributed by atoms with Crippen LogP contribution in [0.1, 0.15) is 24.0 Å². The molecule has 2 aromatic carbocycles. The largest absolute Gasteiger partial charge is 0.497 e. The summed E-state index contributed by atoms with van der Waals surface area (Å²) in [5.41, 5.74) is 2.77. The number of sulfonamides is 1. The first kappa shape index (κ1) is 23.6. The van der Waals surface area contributed by atoms with Gasteiger partial charge in [0, 0.05) is 45.0 Å². The lowest BCUT2D eigenvalue weighted by atomic mass is 9.97. The van der Waals surface area contributed by atoms with Crippen molar-refractivity contribution in [3.8, 4) is 5.75 Å². The second-order valence-electron chi connectivity index (χ2n) is 8.98. The molecule has 0 aliphatic carbocycles. The first-order chi connectivity index (χ1) is 15.8. The normalized spacial score (nSPS) is 20.0. The molecule has 0 saturated carbocycles. The minimum absolute atomic E-state index is 0.0743. The third-order valence-electron chi connectivity index (χ3n) is 6.72. The highest BCUT2D eigenvalue weighted by molar-refractivity contribution is 7.89. The first-order valence-corrected chi connectivity index (χ1v) is 13.0. The van der Waals surface area contributed by atoms with Crippen LogP contribution in [0.2, 0.25) is 0 Å². The van der Waals surface area contributed by atoms with Gasteiger partial charge >= 0.3 is 0 Å². The summed E-state index contributed by atoms with van der Waals surface area (Å²) in [5, 5.41) is 0. The van der Waals surface area contributed by atoms with E-state index in [-0.39, 0.29) is 18.4 Å². The Morgan fingerprint density at radius 1 is 0.970 bits per heavy atom. The van der Waals surface area contributed by atoms with Gasteiger partial charge in [0.05, 0.1) is 17.9 Å². The number of ether oxygens (including phenoxy) is 1. The van der Waals surface area contributed by atoms with Crippen molar-refractivity contribution in [2.24, 2.45) is 5.92 Å². The van der Waals surface area contributed by atoms with Crippen LogP contribution < -0.4 is 9.64 Å². The van der Waals surface area contributed by atoms with Crippen LogP contribution in [0.25, 0.3) is 0 Å². The van der Waals surface area contributed by atoms with Crippen molar-refractivity contribution in [3.05, 3.63) is 53.6 Å². The molecule has 2 heterocycles. The number of methoxy groups -OCH3 is 1. The van der Waals surface area contributed by atoms with Crippen molar-refractivity contribution < 1.29 is 17.9 Å². The highest BCUT2D eigenvalue weighted by Gasteiger charge is 2.36. The number of hydrogen-bond donors (Lipinski definition) is 0. The number of aryl methyl sites for hydroxylation is 2. The lowest BCUT2D eigenvalue weighted by Crippen LogP contribution is -2.53. The summed E-state index contributed by atoms with van der Waals surface area (Å²) in [4.78, 5) is 17.8. The van der Waals surface area contributed by atoms with Crippen LogP contribution in [-0.2, 0) is 14.8 Å². The van der Waals surface area contributed by atoms with Crippen molar-refractivity contribution in [1.29, 1.82) is 0 Å². The van der Waals surface area contributed by atoms with Crippen LogP contribution in [0.5, 0.6) is 5.75 Å². The van der Waals surface area contributed by atoms with E-state index in [1.165, 1.54) is 4.31 Å². The van der Waals surface area contributed by atoms with E-state index in [0.29, 0.717) is 31.0 Å². The molecule has 178 valence electrons. The molecule has 0 aromatic heterocycles. The molecule has 0 bridgehead atoms. The van der Waals surface area contributed by atoms with E-state index < -0.39 is 10.0 Å². The molecule has 0 N–H and O–H groups in total. The number of piperazine rings is 1. The van der Waals surface area contributed by atoms with Crippen LogP contribution >= 0.6 is 0 Å². The van der Waals surface area contributed by atoms with Gasteiger partial charge in [0.15, 0.2) is 0 Å². The zero-order valence-corrected chi connectivity index (χ0v) is 20.5. The Kier molecular flexibility index (Phi) is 6.95. The van der Waals surface area contributed by atoms with Gasteiger partial charge in [-0.1, -0.05) is 12.1 Å². The van der Waals surface area contributed by atoms with E-state index in [4.69, 9.17) is 4.74 Å². The monoisotopic (exact) mass is 471 g/mol. The van der Waals surface area contributed by atoms with Crippen LogP contribution in [0.15, 0.2) is 47.4 Å². The maximum Gasteiger partial charge on any atom is 0.243 e. The average molecular weight is 472 g/mol. The Bertz CT molecular complexity index is 1090. The molecule has 4 rings (SSSR count). The average Bonchev–Trinajstić information content (AvgIpc) is 2.85. The fourth-order valence-corrected chi connectivity index (χ4v) is 6.56. The summed E-state index contributed by atoms with van der Waals surface area (Å²) in [6.07, 6.45) is 1.43. The smallest absolute Gasteiger partial charge is 0.243 e. The molecular formula is C25H33N3O4S. The van der Waals surface area contributed by atoms with Crippen molar-refractivity contribution in [2.45, 2.75) is 31.6 Å². The van der Waals surface area contributed by atoms with Gasteiger partial charge in [0.2, 0.25) is 15.9 Å². The number of carbonyl (C=O) groups excluding carboxylic acids is 1. The van der Waals surface area contributed by atoms with Crippen molar-refractivity contribution in [2.75, 3.05) is 51.3 Å².